The van der Waals surface area contributed by atoms with Gasteiger partial charge in [0.05, 0.1) is 23.4 Å². The van der Waals surface area contributed by atoms with Crippen molar-refractivity contribution >= 4 is 5.65 Å². The second-order valence-corrected chi connectivity index (χ2v) is 5.79. The predicted octanol–water partition coefficient (Wildman–Crippen LogP) is 3.37. The van der Waals surface area contributed by atoms with E-state index >= 15 is 0 Å². The van der Waals surface area contributed by atoms with Gasteiger partial charge in [-0.3, -0.25) is 9.38 Å². The molecule has 120 valence electrons. The lowest BCUT2D eigenvalue weighted by atomic mass is 9.96. The van der Waals surface area contributed by atoms with Crippen LogP contribution >= 0.6 is 0 Å². The third kappa shape index (κ3) is 2.21. The molecule has 0 aliphatic heterocycles. The fourth-order valence-corrected chi connectivity index (χ4v) is 2.69. The summed E-state index contributed by atoms with van der Waals surface area (Å²) in [4.78, 5) is 4.14. The van der Waals surface area contributed by atoms with Crippen LogP contribution in [0.15, 0.2) is 36.7 Å². The predicted molar refractivity (Wildman–Crippen MR) is 77.7 cm³/mol. The minimum Gasteiger partial charge on any atom is -0.275 e. The summed E-state index contributed by atoms with van der Waals surface area (Å²) in [6, 6.07) is 9.49. The van der Waals surface area contributed by atoms with Crippen LogP contribution in [0.1, 0.15) is 24.2 Å². The normalized spacial score (nSPS) is 16.1. The van der Waals surface area contributed by atoms with Gasteiger partial charge >= 0.3 is 6.18 Å². The molecule has 2 heterocycles. The first-order valence-electron chi connectivity index (χ1n) is 7.23. The number of hydrogen-bond acceptors (Lipinski definition) is 4. The van der Waals surface area contributed by atoms with E-state index in [2.05, 4.69) is 21.3 Å². The van der Waals surface area contributed by atoms with Gasteiger partial charge in [-0.15, -0.1) is 10.2 Å². The zero-order chi connectivity index (χ0) is 16.9. The Balaban J connectivity index is 1.75. The van der Waals surface area contributed by atoms with E-state index in [9.17, 15) is 18.4 Å². The Morgan fingerprint density at radius 2 is 1.83 bits per heavy atom. The van der Waals surface area contributed by atoms with Gasteiger partial charge in [0.25, 0.3) is 0 Å². The van der Waals surface area contributed by atoms with Crippen molar-refractivity contribution in [1.29, 1.82) is 5.26 Å². The maximum atomic E-state index is 12.9. The minimum atomic E-state index is -4.59. The Kier molecular flexibility index (Phi) is 2.91. The van der Waals surface area contributed by atoms with E-state index in [1.807, 2.05) is 12.1 Å². The Morgan fingerprint density at radius 1 is 1.12 bits per heavy atom. The smallest absolute Gasteiger partial charge is 0.275 e. The minimum absolute atomic E-state index is 0.0316. The number of aromatic nitrogens is 4. The lowest BCUT2D eigenvalue weighted by Crippen LogP contribution is -2.11. The zero-order valence-corrected chi connectivity index (χ0v) is 12.2. The first kappa shape index (κ1) is 14.6. The van der Waals surface area contributed by atoms with Gasteiger partial charge in [-0.05, 0) is 18.4 Å². The molecule has 1 fully saturated rings. The number of alkyl halides is 3. The topological polar surface area (TPSA) is 66.9 Å². The molecule has 1 aliphatic rings. The molecule has 0 atom stereocenters. The van der Waals surface area contributed by atoms with Gasteiger partial charge in [-0.1, -0.05) is 24.3 Å². The molecule has 1 aromatic carbocycles. The summed E-state index contributed by atoms with van der Waals surface area (Å²) in [5, 5.41) is 15.9. The molecular weight excluding hydrogens is 319 g/mol. The second-order valence-electron chi connectivity index (χ2n) is 5.79. The van der Waals surface area contributed by atoms with E-state index in [-0.39, 0.29) is 5.65 Å². The molecule has 8 heteroatoms. The molecule has 0 saturated heterocycles. The van der Waals surface area contributed by atoms with E-state index < -0.39 is 17.4 Å². The Bertz CT molecular complexity index is 962. The van der Waals surface area contributed by atoms with Gasteiger partial charge in [0.1, 0.15) is 0 Å². The summed E-state index contributed by atoms with van der Waals surface area (Å²) in [6.07, 6.45) is -0.397. The molecular formula is C16H10F3N5. The van der Waals surface area contributed by atoms with Crippen LogP contribution in [-0.2, 0) is 11.6 Å². The van der Waals surface area contributed by atoms with Gasteiger partial charge in [-0.2, -0.15) is 18.4 Å². The average Bonchev–Trinajstić information content (AvgIpc) is 3.25. The van der Waals surface area contributed by atoms with Crippen LogP contribution in [0.4, 0.5) is 13.2 Å². The molecule has 1 aliphatic carbocycles. The molecule has 1 saturated carbocycles. The summed E-state index contributed by atoms with van der Waals surface area (Å²) in [5.41, 5.74) is 1.60. The van der Waals surface area contributed by atoms with Crippen molar-refractivity contribution in [1.82, 2.24) is 19.6 Å². The van der Waals surface area contributed by atoms with Crippen molar-refractivity contribution in [3.63, 3.8) is 0 Å². The van der Waals surface area contributed by atoms with Gasteiger partial charge in [-0.25, -0.2) is 0 Å². The molecule has 0 N–H and O–H groups in total. The third-order valence-electron chi connectivity index (χ3n) is 4.24. The zero-order valence-electron chi connectivity index (χ0n) is 12.2. The average molecular weight is 329 g/mol. The number of benzene rings is 1. The first-order valence-corrected chi connectivity index (χ1v) is 7.23. The van der Waals surface area contributed by atoms with Gasteiger partial charge in [0.15, 0.2) is 5.65 Å². The standard InChI is InChI=1S/C16H10F3N5/c17-16(18,19)14-23-22-13-7-21-12(8-24(13)14)10-1-3-11(4-2-10)15(9-20)5-6-15/h1-4,7-8H,5-6H2. The molecule has 5 nitrogen and oxygen atoms in total. The number of fused-ring (bicyclic) bond motifs is 1. The number of hydrogen-bond donors (Lipinski definition) is 0. The summed E-state index contributed by atoms with van der Waals surface area (Å²) < 4.78 is 39.7. The van der Waals surface area contributed by atoms with Gasteiger partial charge in [0.2, 0.25) is 5.82 Å². The fourth-order valence-electron chi connectivity index (χ4n) is 2.69. The van der Waals surface area contributed by atoms with Crippen LogP contribution in [0.3, 0.4) is 0 Å². The fraction of sp³-hybridized carbons (Fsp3) is 0.250. The Labute approximate surface area is 134 Å². The maximum Gasteiger partial charge on any atom is 0.452 e. The first-order chi connectivity index (χ1) is 11.4. The lowest BCUT2D eigenvalue weighted by molar-refractivity contribution is -0.145. The Hall–Kier alpha value is -2.95. The third-order valence-corrected chi connectivity index (χ3v) is 4.24. The highest BCUT2D eigenvalue weighted by atomic mass is 19.4. The summed E-state index contributed by atoms with van der Waals surface area (Å²) in [6.45, 7) is 0. The molecule has 0 unspecified atom stereocenters. The highest BCUT2D eigenvalue weighted by Crippen LogP contribution is 2.47. The van der Waals surface area contributed by atoms with Crippen LogP contribution in [0, 0.1) is 11.3 Å². The Morgan fingerprint density at radius 3 is 2.42 bits per heavy atom. The van der Waals surface area contributed by atoms with Crippen LogP contribution < -0.4 is 0 Å². The second kappa shape index (κ2) is 4.77. The molecule has 3 aromatic rings. The number of halogens is 3. The summed E-state index contributed by atoms with van der Waals surface area (Å²) in [5.74, 6) is -1.08. The van der Waals surface area contributed by atoms with Crippen molar-refractivity contribution < 1.29 is 13.2 Å². The number of rotatable bonds is 2. The summed E-state index contributed by atoms with van der Waals surface area (Å²) >= 11 is 0. The number of nitriles is 1. The van der Waals surface area contributed by atoms with Gasteiger partial charge in [0, 0.05) is 11.8 Å². The largest absolute Gasteiger partial charge is 0.452 e. The molecule has 4 rings (SSSR count). The highest BCUT2D eigenvalue weighted by molar-refractivity contribution is 5.61. The quantitative estimate of drug-likeness (QED) is 0.723. The van der Waals surface area contributed by atoms with Crippen LogP contribution in [-0.4, -0.2) is 19.6 Å². The van der Waals surface area contributed by atoms with Gasteiger partial charge < -0.3 is 0 Å². The van der Waals surface area contributed by atoms with Crippen molar-refractivity contribution in [2.75, 3.05) is 0 Å². The highest BCUT2D eigenvalue weighted by Gasteiger charge is 2.44. The van der Waals surface area contributed by atoms with E-state index in [0.29, 0.717) is 11.3 Å². The van der Waals surface area contributed by atoms with Crippen LogP contribution in [0.2, 0.25) is 0 Å². The van der Waals surface area contributed by atoms with Crippen molar-refractivity contribution in [2.45, 2.75) is 24.4 Å². The van der Waals surface area contributed by atoms with E-state index in [4.69, 9.17) is 0 Å². The monoisotopic (exact) mass is 329 g/mol. The summed E-state index contributed by atoms with van der Waals surface area (Å²) in [7, 11) is 0. The molecule has 2 aromatic heterocycles. The molecule has 0 amide bonds. The molecule has 24 heavy (non-hydrogen) atoms. The van der Waals surface area contributed by atoms with Crippen LogP contribution in [0.5, 0.6) is 0 Å². The molecule has 0 spiro atoms. The van der Waals surface area contributed by atoms with E-state index in [0.717, 1.165) is 22.8 Å². The lowest BCUT2D eigenvalue weighted by Gasteiger charge is -2.08. The number of nitrogens with zero attached hydrogens (tertiary/aromatic N) is 5. The molecule has 0 bridgehead atoms. The van der Waals surface area contributed by atoms with Crippen molar-refractivity contribution in [2.24, 2.45) is 0 Å². The van der Waals surface area contributed by atoms with Crippen LogP contribution in [0.25, 0.3) is 16.9 Å². The van der Waals surface area contributed by atoms with Crippen molar-refractivity contribution in [3.8, 4) is 17.3 Å². The van der Waals surface area contributed by atoms with Crippen molar-refractivity contribution in [3.05, 3.63) is 48.0 Å². The maximum absolute atomic E-state index is 12.9. The van der Waals surface area contributed by atoms with E-state index in [1.165, 1.54) is 12.4 Å². The molecule has 0 radical (unpaired) electrons. The van der Waals surface area contributed by atoms with E-state index in [1.54, 1.807) is 12.1 Å². The SMILES string of the molecule is N#CC1(c2ccc(-c3cn4c(C(F)(F)F)nnc4cn3)cc2)CC1.